The summed E-state index contributed by atoms with van der Waals surface area (Å²) in [6.07, 6.45) is 0.822. The van der Waals surface area contributed by atoms with Gasteiger partial charge in [0.05, 0.1) is 13.2 Å². The second-order valence-electron chi connectivity index (χ2n) is 3.46. The summed E-state index contributed by atoms with van der Waals surface area (Å²) in [5.41, 5.74) is 6.43. The van der Waals surface area contributed by atoms with Gasteiger partial charge in [0.2, 0.25) is 0 Å². The minimum Gasteiger partial charge on any atom is -0.493 e. The molecule has 0 saturated carbocycles. The van der Waals surface area contributed by atoms with Crippen molar-refractivity contribution in [3.63, 3.8) is 0 Å². The lowest BCUT2D eigenvalue weighted by Gasteiger charge is -2.05. The third-order valence-electron chi connectivity index (χ3n) is 2.06. The van der Waals surface area contributed by atoms with E-state index in [1.165, 1.54) is 0 Å². The van der Waals surface area contributed by atoms with Gasteiger partial charge in [0.1, 0.15) is 5.75 Å². The zero-order chi connectivity index (χ0) is 11.8. The fraction of sp³-hybridized carbons (Fsp3) is 0.417. The number of ether oxygens (including phenoxy) is 1. The molecule has 2 N–H and O–H groups in total. The molecule has 0 aliphatic rings. The number of halogens is 1. The SMILES string of the molecule is CC(CCOc1ccc(Cl)cc1)=NCCN. The van der Waals surface area contributed by atoms with Crippen molar-refractivity contribution in [2.45, 2.75) is 13.3 Å². The maximum atomic E-state index is 5.77. The molecule has 0 amide bonds. The van der Waals surface area contributed by atoms with Crippen LogP contribution in [0.2, 0.25) is 5.02 Å². The minimum atomic E-state index is 0.593. The molecule has 0 aliphatic heterocycles. The van der Waals surface area contributed by atoms with Gasteiger partial charge in [-0.1, -0.05) is 11.6 Å². The molecule has 0 fully saturated rings. The molecule has 1 aromatic carbocycles. The van der Waals surface area contributed by atoms with Crippen molar-refractivity contribution in [2.24, 2.45) is 10.7 Å². The smallest absolute Gasteiger partial charge is 0.119 e. The van der Waals surface area contributed by atoms with Crippen LogP contribution < -0.4 is 10.5 Å². The molecular formula is C12H17ClN2O. The normalized spacial score (nSPS) is 11.6. The Morgan fingerprint density at radius 2 is 2.06 bits per heavy atom. The van der Waals surface area contributed by atoms with E-state index in [9.17, 15) is 0 Å². The summed E-state index contributed by atoms with van der Waals surface area (Å²) >= 11 is 5.77. The van der Waals surface area contributed by atoms with E-state index < -0.39 is 0 Å². The van der Waals surface area contributed by atoms with Gasteiger partial charge in [0, 0.05) is 23.7 Å². The van der Waals surface area contributed by atoms with E-state index >= 15 is 0 Å². The van der Waals surface area contributed by atoms with Crippen molar-refractivity contribution in [3.05, 3.63) is 29.3 Å². The molecule has 0 spiro atoms. The molecule has 0 aliphatic carbocycles. The second-order valence-corrected chi connectivity index (χ2v) is 3.89. The first-order valence-corrected chi connectivity index (χ1v) is 5.68. The molecule has 1 aromatic rings. The number of benzene rings is 1. The van der Waals surface area contributed by atoms with Crippen molar-refractivity contribution in [1.82, 2.24) is 0 Å². The van der Waals surface area contributed by atoms with Crippen LogP contribution in [-0.4, -0.2) is 25.4 Å². The monoisotopic (exact) mass is 240 g/mol. The maximum Gasteiger partial charge on any atom is 0.119 e. The zero-order valence-electron chi connectivity index (χ0n) is 9.45. The second kappa shape index (κ2) is 7.25. The average molecular weight is 241 g/mol. The summed E-state index contributed by atoms with van der Waals surface area (Å²) in [5, 5.41) is 0.716. The highest BCUT2D eigenvalue weighted by Crippen LogP contribution is 2.15. The Kier molecular flexibility index (Phi) is 5.90. The highest BCUT2D eigenvalue weighted by Gasteiger charge is 1.95. The molecule has 0 atom stereocenters. The van der Waals surface area contributed by atoms with Gasteiger partial charge < -0.3 is 10.5 Å². The van der Waals surface area contributed by atoms with Crippen LogP contribution in [0.5, 0.6) is 5.75 Å². The summed E-state index contributed by atoms with van der Waals surface area (Å²) in [7, 11) is 0. The predicted octanol–water partition coefficient (Wildman–Crippen LogP) is 2.53. The van der Waals surface area contributed by atoms with E-state index in [0.717, 1.165) is 17.9 Å². The van der Waals surface area contributed by atoms with Gasteiger partial charge in [-0.25, -0.2) is 0 Å². The quantitative estimate of drug-likeness (QED) is 0.777. The van der Waals surface area contributed by atoms with Gasteiger partial charge in [-0.2, -0.15) is 0 Å². The molecule has 0 heterocycles. The highest BCUT2D eigenvalue weighted by molar-refractivity contribution is 6.30. The minimum absolute atomic E-state index is 0.593. The lowest BCUT2D eigenvalue weighted by molar-refractivity contribution is 0.329. The third kappa shape index (κ3) is 5.14. The number of nitrogens with two attached hydrogens (primary N) is 1. The van der Waals surface area contributed by atoms with Crippen molar-refractivity contribution in [3.8, 4) is 5.75 Å². The molecule has 16 heavy (non-hydrogen) atoms. The molecule has 0 radical (unpaired) electrons. The Bertz CT molecular complexity index is 335. The zero-order valence-corrected chi connectivity index (χ0v) is 10.2. The molecule has 0 unspecified atom stereocenters. The summed E-state index contributed by atoms with van der Waals surface area (Å²) in [4.78, 5) is 4.28. The molecule has 4 heteroatoms. The van der Waals surface area contributed by atoms with Crippen LogP contribution in [-0.2, 0) is 0 Å². The van der Waals surface area contributed by atoms with E-state index in [0.29, 0.717) is 24.7 Å². The topological polar surface area (TPSA) is 47.6 Å². The summed E-state index contributed by atoms with van der Waals surface area (Å²) < 4.78 is 5.54. The number of nitrogens with zero attached hydrogens (tertiary/aromatic N) is 1. The van der Waals surface area contributed by atoms with Gasteiger partial charge in [-0.05, 0) is 31.2 Å². The fourth-order valence-electron chi connectivity index (χ4n) is 1.18. The maximum absolute atomic E-state index is 5.77. The van der Waals surface area contributed by atoms with Crippen LogP contribution in [0.25, 0.3) is 0 Å². The Morgan fingerprint density at radius 3 is 2.69 bits per heavy atom. The van der Waals surface area contributed by atoms with Gasteiger partial charge in [0.15, 0.2) is 0 Å². The summed E-state index contributed by atoms with van der Waals surface area (Å²) in [6, 6.07) is 7.34. The molecule has 0 bridgehead atoms. The molecular weight excluding hydrogens is 224 g/mol. The Labute approximate surface area is 101 Å². The Morgan fingerprint density at radius 1 is 1.38 bits per heavy atom. The standard InChI is InChI=1S/C12H17ClN2O/c1-10(15-8-7-14)6-9-16-12-4-2-11(13)3-5-12/h2-5H,6-9,14H2,1H3. The number of hydrogen-bond acceptors (Lipinski definition) is 3. The number of rotatable bonds is 6. The first kappa shape index (κ1) is 13.0. The number of hydrogen-bond donors (Lipinski definition) is 1. The average Bonchev–Trinajstić information content (AvgIpc) is 2.29. The summed E-state index contributed by atoms with van der Waals surface area (Å²) in [6.45, 7) is 3.89. The van der Waals surface area contributed by atoms with E-state index in [4.69, 9.17) is 22.1 Å². The van der Waals surface area contributed by atoms with Crippen LogP contribution in [0.4, 0.5) is 0 Å². The largest absolute Gasteiger partial charge is 0.493 e. The highest BCUT2D eigenvalue weighted by atomic mass is 35.5. The molecule has 0 aromatic heterocycles. The van der Waals surface area contributed by atoms with Gasteiger partial charge in [-0.3, -0.25) is 4.99 Å². The first-order valence-electron chi connectivity index (χ1n) is 5.30. The van der Waals surface area contributed by atoms with Crippen LogP contribution in [0, 0.1) is 0 Å². The van der Waals surface area contributed by atoms with Crippen molar-refractivity contribution in [2.75, 3.05) is 19.7 Å². The third-order valence-corrected chi connectivity index (χ3v) is 2.31. The molecule has 88 valence electrons. The predicted molar refractivity (Wildman–Crippen MR) is 68.6 cm³/mol. The van der Waals surface area contributed by atoms with E-state index in [1.807, 2.05) is 31.2 Å². The fourth-order valence-corrected chi connectivity index (χ4v) is 1.31. The molecule has 0 saturated heterocycles. The van der Waals surface area contributed by atoms with Crippen LogP contribution in [0.3, 0.4) is 0 Å². The molecule has 1 rings (SSSR count). The van der Waals surface area contributed by atoms with Crippen molar-refractivity contribution < 1.29 is 4.74 Å². The van der Waals surface area contributed by atoms with Gasteiger partial charge in [0.25, 0.3) is 0 Å². The van der Waals surface area contributed by atoms with Gasteiger partial charge >= 0.3 is 0 Å². The lowest BCUT2D eigenvalue weighted by Crippen LogP contribution is -2.07. The van der Waals surface area contributed by atoms with Gasteiger partial charge in [-0.15, -0.1) is 0 Å². The summed E-state index contributed by atoms with van der Waals surface area (Å²) in [5.74, 6) is 0.830. The first-order chi connectivity index (χ1) is 7.72. The van der Waals surface area contributed by atoms with Crippen LogP contribution in [0.1, 0.15) is 13.3 Å². The van der Waals surface area contributed by atoms with E-state index in [-0.39, 0.29) is 0 Å². The lowest BCUT2D eigenvalue weighted by atomic mass is 10.3. The molecule has 3 nitrogen and oxygen atoms in total. The van der Waals surface area contributed by atoms with E-state index in [2.05, 4.69) is 4.99 Å². The van der Waals surface area contributed by atoms with Crippen molar-refractivity contribution >= 4 is 17.3 Å². The van der Waals surface area contributed by atoms with E-state index in [1.54, 1.807) is 0 Å². The van der Waals surface area contributed by atoms with Crippen LogP contribution in [0.15, 0.2) is 29.3 Å². The van der Waals surface area contributed by atoms with Crippen molar-refractivity contribution in [1.29, 1.82) is 0 Å². The Balaban J connectivity index is 2.27. The number of aliphatic imine (C=N–C) groups is 1. The van der Waals surface area contributed by atoms with Crippen LogP contribution >= 0.6 is 11.6 Å². The Hall–Kier alpha value is -1.06.